The Hall–Kier alpha value is -2.58. The van der Waals surface area contributed by atoms with E-state index in [0.717, 1.165) is 29.0 Å². The summed E-state index contributed by atoms with van der Waals surface area (Å²) >= 11 is 6.96. The number of nitrogens with one attached hydrogen (secondary N) is 1. The highest BCUT2D eigenvalue weighted by molar-refractivity contribution is 7.21. The van der Waals surface area contributed by atoms with E-state index in [0.29, 0.717) is 5.39 Å². The van der Waals surface area contributed by atoms with Crippen LogP contribution in [-0.4, -0.2) is 18.4 Å². The van der Waals surface area contributed by atoms with E-state index < -0.39 is 23.6 Å². The topological polar surface area (TPSA) is 55.4 Å². The predicted molar refractivity (Wildman–Crippen MR) is 100 cm³/mol. The molecule has 0 aliphatic carbocycles. The molecule has 3 aromatic rings. The monoisotopic (exact) mass is 427 g/mol. The van der Waals surface area contributed by atoms with E-state index in [9.17, 15) is 22.8 Å². The van der Waals surface area contributed by atoms with E-state index in [4.69, 9.17) is 16.3 Å². The number of carbonyl (C=O) groups excluding carboxylic acids is 2. The lowest BCUT2D eigenvalue weighted by Crippen LogP contribution is -2.30. The Morgan fingerprint density at radius 3 is 2.50 bits per heavy atom. The van der Waals surface area contributed by atoms with Gasteiger partial charge in [0.05, 0.1) is 10.6 Å². The van der Waals surface area contributed by atoms with Crippen LogP contribution in [0.3, 0.4) is 0 Å². The molecule has 0 aliphatic heterocycles. The molecule has 0 atom stereocenters. The number of rotatable bonds is 5. The molecular weight excluding hydrogens is 415 g/mol. The fourth-order valence-corrected chi connectivity index (χ4v) is 3.88. The molecule has 0 radical (unpaired) electrons. The number of fused-ring (bicyclic) bond motifs is 1. The van der Waals surface area contributed by atoms with Gasteiger partial charge < -0.3 is 10.1 Å². The molecular formula is C19H13ClF3NO3S. The van der Waals surface area contributed by atoms with E-state index >= 15 is 0 Å². The highest BCUT2D eigenvalue weighted by atomic mass is 35.5. The Morgan fingerprint density at radius 2 is 1.82 bits per heavy atom. The number of esters is 1. The van der Waals surface area contributed by atoms with Gasteiger partial charge in [0.25, 0.3) is 5.91 Å². The van der Waals surface area contributed by atoms with Crippen molar-refractivity contribution >= 4 is 44.9 Å². The summed E-state index contributed by atoms with van der Waals surface area (Å²) in [5.41, 5.74) is -0.0236. The second-order valence-corrected chi connectivity index (χ2v) is 7.21. The quantitative estimate of drug-likeness (QED) is 0.580. The summed E-state index contributed by atoms with van der Waals surface area (Å²) in [6.45, 7) is -0.316. The first kappa shape index (κ1) is 20.2. The van der Waals surface area contributed by atoms with Crippen LogP contribution >= 0.6 is 22.9 Å². The lowest BCUT2D eigenvalue weighted by atomic mass is 10.1. The third-order valence-electron chi connectivity index (χ3n) is 3.80. The fourth-order valence-electron chi connectivity index (χ4n) is 2.41. The molecule has 1 N–H and O–H groups in total. The van der Waals surface area contributed by atoms with Gasteiger partial charge in [0.15, 0.2) is 0 Å². The summed E-state index contributed by atoms with van der Waals surface area (Å²) in [6, 6.07) is 12.1. The van der Waals surface area contributed by atoms with Crippen molar-refractivity contribution in [1.29, 1.82) is 0 Å². The first-order valence-corrected chi connectivity index (χ1v) is 9.22. The van der Waals surface area contributed by atoms with Crippen molar-refractivity contribution in [2.24, 2.45) is 0 Å². The lowest BCUT2D eigenvalue weighted by Gasteiger charge is -2.06. The van der Waals surface area contributed by atoms with Crippen molar-refractivity contribution in [2.45, 2.75) is 12.8 Å². The van der Waals surface area contributed by atoms with Gasteiger partial charge in [-0.1, -0.05) is 48.0 Å². The maximum absolute atomic E-state index is 12.8. The molecule has 1 heterocycles. The number of hydrogen-bond acceptors (Lipinski definition) is 4. The average Bonchev–Trinajstić information content (AvgIpc) is 3.01. The number of amides is 1. The summed E-state index contributed by atoms with van der Waals surface area (Å²) in [5.74, 6) is -1.30. The van der Waals surface area contributed by atoms with Crippen LogP contribution in [0.15, 0.2) is 48.5 Å². The Balaban J connectivity index is 1.64. The van der Waals surface area contributed by atoms with E-state index in [1.54, 1.807) is 24.3 Å². The molecule has 9 heteroatoms. The third-order valence-corrected chi connectivity index (χ3v) is 5.45. The zero-order valence-electron chi connectivity index (χ0n) is 14.2. The molecule has 1 aromatic heterocycles. The highest BCUT2D eigenvalue weighted by Crippen LogP contribution is 2.39. The molecule has 2 aromatic carbocycles. The standard InChI is InChI=1S/C19H13ClF3NO3S/c20-16-13-7-6-12(19(21,22)23)8-14(13)28-17(16)18(26)24-9-15(25)27-10-11-4-2-1-3-5-11/h1-8H,9-10H2,(H,24,26). The molecule has 0 spiro atoms. The van der Waals surface area contributed by atoms with Crippen molar-refractivity contribution in [3.8, 4) is 0 Å². The largest absolute Gasteiger partial charge is 0.460 e. The van der Waals surface area contributed by atoms with Crippen molar-refractivity contribution in [2.75, 3.05) is 6.54 Å². The molecule has 1 amide bonds. The zero-order chi connectivity index (χ0) is 20.3. The summed E-state index contributed by atoms with van der Waals surface area (Å²) in [4.78, 5) is 24.1. The van der Waals surface area contributed by atoms with Crippen LogP contribution < -0.4 is 5.32 Å². The van der Waals surface area contributed by atoms with Crippen LogP contribution in [0.4, 0.5) is 13.2 Å². The van der Waals surface area contributed by atoms with Gasteiger partial charge in [0.2, 0.25) is 0 Å². The van der Waals surface area contributed by atoms with E-state index in [1.807, 2.05) is 6.07 Å². The smallest absolute Gasteiger partial charge is 0.416 e. The molecule has 4 nitrogen and oxygen atoms in total. The van der Waals surface area contributed by atoms with Crippen molar-refractivity contribution in [3.63, 3.8) is 0 Å². The van der Waals surface area contributed by atoms with Gasteiger partial charge >= 0.3 is 12.1 Å². The molecule has 0 saturated heterocycles. The van der Waals surface area contributed by atoms with E-state index in [-0.39, 0.29) is 27.8 Å². The van der Waals surface area contributed by atoms with Gasteiger partial charge in [-0.05, 0) is 17.7 Å². The van der Waals surface area contributed by atoms with Crippen molar-refractivity contribution in [3.05, 3.63) is 69.6 Å². The van der Waals surface area contributed by atoms with Gasteiger partial charge in [-0.15, -0.1) is 11.3 Å². The normalized spacial score (nSPS) is 11.4. The van der Waals surface area contributed by atoms with Gasteiger partial charge in [-0.3, -0.25) is 9.59 Å². The summed E-state index contributed by atoms with van der Waals surface area (Å²) < 4.78 is 43.8. The first-order valence-electron chi connectivity index (χ1n) is 8.02. The SMILES string of the molecule is O=C(CNC(=O)c1sc2cc(C(F)(F)F)ccc2c1Cl)OCc1ccccc1. The molecule has 3 rings (SSSR count). The van der Waals surface area contributed by atoms with Crippen LogP contribution in [0.1, 0.15) is 20.8 Å². The van der Waals surface area contributed by atoms with Crippen LogP contribution in [0.2, 0.25) is 5.02 Å². The summed E-state index contributed by atoms with van der Waals surface area (Å²) in [7, 11) is 0. The second-order valence-electron chi connectivity index (χ2n) is 5.78. The third kappa shape index (κ3) is 4.63. The summed E-state index contributed by atoms with van der Waals surface area (Å²) in [6.07, 6.45) is -4.49. The predicted octanol–water partition coefficient (Wildman–Crippen LogP) is 5.05. The van der Waals surface area contributed by atoms with Crippen LogP contribution in [0.5, 0.6) is 0 Å². The Morgan fingerprint density at radius 1 is 1.11 bits per heavy atom. The molecule has 28 heavy (non-hydrogen) atoms. The second kappa shape index (κ2) is 8.20. The number of halogens is 4. The van der Waals surface area contributed by atoms with Gasteiger partial charge in [0, 0.05) is 10.1 Å². The van der Waals surface area contributed by atoms with Crippen molar-refractivity contribution < 1.29 is 27.5 Å². The summed E-state index contributed by atoms with van der Waals surface area (Å²) in [5, 5.41) is 2.76. The minimum absolute atomic E-state index is 0.0341. The number of ether oxygens (including phenoxy) is 1. The van der Waals surface area contributed by atoms with Crippen LogP contribution in [0, 0.1) is 0 Å². The molecule has 0 saturated carbocycles. The number of hydrogen-bond donors (Lipinski definition) is 1. The average molecular weight is 428 g/mol. The number of thiophene rings is 1. The molecule has 146 valence electrons. The zero-order valence-corrected chi connectivity index (χ0v) is 15.8. The Bertz CT molecular complexity index is 1020. The number of alkyl halides is 3. The number of benzene rings is 2. The molecule has 0 unspecified atom stereocenters. The fraction of sp³-hybridized carbons (Fsp3) is 0.158. The maximum atomic E-state index is 12.8. The number of carbonyl (C=O) groups is 2. The lowest BCUT2D eigenvalue weighted by molar-refractivity contribution is -0.143. The van der Waals surface area contributed by atoms with Crippen molar-refractivity contribution in [1.82, 2.24) is 5.32 Å². The molecule has 0 bridgehead atoms. The minimum Gasteiger partial charge on any atom is -0.460 e. The van der Waals surface area contributed by atoms with E-state index in [2.05, 4.69) is 5.32 Å². The Labute approximate surface area is 166 Å². The van der Waals surface area contributed by atoms with Gasteiger partial charge in [-0.2, -0.15) is 13.2 Å². The highest BCUT2D eigenvalue weighted by Gasteiger charge is 2.31. The molecule has 0 fully saturated rings. The van der Waals surface area contributed by atoms with Gasteiger partial charge in [-0.25, -0.2) is 0 Å². The van der Waals surface area contributed by atoms with E-state index in [1.165, 1.54) is 6.07 Å². The van der Waals surface area contributed by atoms with Gasteiger partial charge in [0.1, 0.15) is 18.0 Å². The maximum Gasteiger partial charge on any atom is 0.416 e. The van der Waals surface area contributed by atoms with Crippen LogP contribution in [-0.2, 0) is 22.3 Å². The minimum atomic E-state index is -4.49. The van der Waals surface area contributed by atoms with Crippen LogP contribution in [0.25, 0.3) is 10.1 Å². The first-order chi connectivity index (χ1) is 13.3. The Kier molecular flexibility index (Phi) is 5.90. The molecule has 0 aliphatic rings.